The van der Waals surface area contributed by atoms with Crippen molar-refractivity contribution < 1.29 is 118 Å². The molecule has 0 fully saturated rings. The zero-order valence-electron chi connectivity index (χ0n) is 12.3. The van der Waals surface area contributed by atoms with E-state index in [0.717, 1.165) is 18.2 Å². The predicted molar refractivity (Wildman–Crippen MR) is 56.9 cm³/mol. The van der Waals surface area contributed by atoms with Gasteiger partial charge in [0.2, 0.25) is 0 Å². The maximum atomic E-state index is 11.0. The third-order valence-corrected chi connectivity index (χ3v) is 2.64. The number of rotatable bonds is 3. The number of aromatic carboxylic acids is 3. The van der Waals surface area contributed by atoms with Crippen LogP contribution < -0.4 is 104 Å². The van der Waals surface area contributed by atoms with Gasteiger partial charge in [0.15, 0.2) is 0 Å². The zero-order chi connectivity index (χ0) is 14.2. The van der Waals surface area contributed by atoms with Crippen molar-refractivity contribution in [2.45, 2.75) is 0 Å². The zero-order valence-corrected chi connectivity index (χ0v) is 18.3. The van der Waals surface area contributed by atoms with Gasteiger partial charge in [-0.3, -0.25) is 0 Å². The number of carboxylic acids is 3. The minimum absolute atomic E-state index is 0. The van der Waals surface area contributed by atoms with E-state index in [1.807, 2.05) is 0 Å². The summed E-state index contributed by atoms with van der Waals surface area (Å²) < 4.78 is 0. The molecule has 2 aromatic carbocycles. The summed E-state index contributed by atoms with van der Waals surface area (Å²) in [7, 11) is 0. The van der Waals surface area contributed by atoms with Crippen molar-refractivity contribution >= 4 is 28.7 Å². The van der Waals surface area contributed by atoms with Crippen molar-refractivity contribution in [2.24, 2.45) is 0 Å². The smallest absolute Gasteiger partial charge is 0.545 e. The van der Waals surface area contributed by atoms with Crippen LogP contribution in [0.25, 0.3) is 10.8 Å². The fraction of sp³-hybridized carbons (Fsp3) is 0. The fourth-order valence-electron chi connectivity index (χ4n) is 1.78. The molecule has 0 amide bonds. The molecular weight excluding hydrogens is 321 g/mol. The largest absolute Gasteiger partial charge is 1.00 e. The summed E-state index contributed by atoms with van der Waals surface area (Å²) in [5.41, 5.74) is -0.906. The molecule has 0 bridgehead atoms. The summed E-state index contributed by atoms with van der Waals surface area (Å²) in [6, 6.07) is 5.59. The van der Waals surface area contributed by atoms with Crippen LogP contribution in [0.4, 0.5) is 0 Å². The Morgan fingerprint density at radius 1 is 0.682 bits per heavy atom. The van der Waals surface area contributed by atoms with E-state index >= 15 is 0 Å². The molecule has 0 radical (unpaired) electrons. The summed E-state index contributed by atoms with van der Waals surface area (Å²) in [6.07, 6.45) is 0. The van der Waals surface area contributed by atoms with Gasteiger partial charge in [-0.25, -0.2) is 0 Å². The summed E-state index contributed by atoms with van der Waals surface area (Å²) >= 11 is 0. The quantitative estimate of drug-likeness (QED) is 0.517. The first-order valence-electron chi connectivity index (χ1n) is 5.12. The van der Waals surface area contributed by atoms with Crippen molar-refractivity contribution in [3.05, 3.63) is 47.0 Å². The molecule has 2 aromatic rings. The number of hydrogen-bond acceptors (Lipinski definition) is 6. The normalized spacial score (nSPS) is 8.91. The second-order valence-corrected chi connectivity index (χ2v) is 3.82. The molecule has 0 unspecified atom stereocenters. The van der Waals surface area contributed by atoms with Gasteiger partial charge in [0, 0.05) is 5.56 Å². The number of benzene rings is 2. The van der Waals surface area contributed by atoms with Crippen molar-refractivity contribution in [3.63, 3.8) is 0 Å². The molecule has 0 spiro atoms. The number of carbonyl (C=O) groups is 3. The number of hydrogen-bond donors (Lipinski definition) is 0. The van der Waals surface area contributed by atoms with Crippen LogP contribution in [0.1, 0.15) is 31.1 Å². The first kappa shape index (κ1) is 24.4. The first-order chi connectivity index (χ1) is 8.90. The van der Waals surface area contributed by atoms with E-state index in [0.29, 0.717) is 0 Å². The molecule has 96 valence electrons. The van der Waals surface area contributed by atoms with Crippen molar-refractivity contribution in [1.29, 1.82) is 0 Å². The molecule has 2 rings (SSSR count). The van der Waals surface area contributed by atoms with Crippen LogP contribution >= 0.6 is 0 Å². The standard InChI is InChI=1S/C13H8O6.3Na/c14-11(15)6-1-2-9-7(3-6)4-8(12(16)17)5-10(9)13(18)19;;;/h1-5H,(H,14,15)(H,16,17)(H,18,19);;;/q;3*+1/p-3. The molecule has 0 heterocycles. The first-order valence-corrected chi connectivity index (χ1v) is 5.12. The second kappa shape index (κ2) is 10.1. The number of carbonyl (C=O) groups excluding carboxylic acids is 3. The predicted octanol–water partition coefficient (Wildman–Crippen LogP) is -11.1. The molecule has 0 saturated carbocycles. The SMILES string of the molecule is O=C([O-])c1ccc2c(C(=O)[O-])cc(C(=O)[O-])cc2c1.[Na+].[Na+].[Na+]. The van der Waals surface area contributed by atoms with E-state index in [-0.39, 0.29) is 116 Å². The Balaban J connectivity index is 0. The third-order valence-electron chi connectivity index (χ3n) is 2.64. The van der Waals surface area contributed by atoms with E-state index in [4.69, 9.17) is 0 Å². The molecule has 9 heteroatoms. The molecule has 0 aliphatic carbocycles. The summed E-state index contributed by atoms with van der Waals surface area (Å²) in [5.74, 6) is -4.58. The fourth-order valence-corrected chi connectivity index (χ4v) is 1.78. The average Bonchev–Trinajstić information content (AvgIpc) is 2.36. The van der Waals surface area contributed by atoms with Crippen LogP contribution in [-0.4, -0.2) is 17.9 Å². The monoisotopic (exact) mass is 326 g/mol. The molecule has 0 N–H and O–H groups in total. The molecular formula is C13H5Na3O6. The topological polar surface area (TPSA) is 120 Å². The van der Waals surface area contributed by atoms with Crippen LogP contribution in [0.2, 0.25) is 0 Å². The van der Waals surface area contributed by atoms with E-state index in [1.165, 1.54) is 12.1 Å². The van der Waals surface area contributed by atoms with Crippen LogP contribution in [0, 0.1) is 0 Å². The molecule has 22 heavy (non-hydrogen) atoms. The van der Waals surface area contributed by atoms with Gasteiger partial charge in [0.05, 0.1) is 17.9 Å². The Kier molecular flexibility index (Phi) is 11.2. The molecule has 6 nitrogen and oxygen atoms in total. The van der Waals surface area contributed by atoms with Gasteiger partial charge in [-0.05, 0) is 40.1 Å². The maximum absolute atomic E-state index is 11.0. The van der Waals surface area contributed by atoms with Crippen molar-refractivity contribution in [3.8, 4) is 0 Å². The maximum Gasteiger partial charge on any atom is 1.00 e. The third kappa shape index (κ3) is 5.33. The van der Waals surface area contributed by atoms with Gasteiger partial charge in [0.25, 0.3) is 0 Å². The minimum atomic E-state index is -1.57. The van der Waals surface area contributed by atoms with Gasteiger partial charge in [-0.1, -0.05) is 12.1 Å². The van der Waals surface area contributed by atoms with Gasteiger partial charge in [0.1, 0.15) is 0 Å². The van der Waals surface area contributed by atoms with Gasteiger partial charge < -0.3 is 29.7 Å². The van der Waals surface area contributed by atoms with E-state index in [1.54, 1.807) is 0 Å². The summed E-state index contributed by atoms with van der Waals surface area (Å²) in [5, 5.41) is 32.8. The van der Waals surface area contributed by atoms with Crippen molar-refractivity contribution in [2.75, 3.05) is 0 Å². The Morgan fingerprint density at radius 2 is 1.18 bits per heavy atom. The van der Waals surface area contributed by atoms with Crippen LogP contribution in [-0.2, 0) is 0 Å². The summed E-state index contributed by atoms with van der Waals surface area (Å²) in [6.45, 7) is 0. The van der Waals surface area contributed by atoms with Gasteiger partial charge in [-0.2, -0.15) is 0 Å². The average molecular weight is 326 g/mol. The minimum Gasteiger partial charge on any atom is -0.545 e. The van der Waals surface area contributed by atoms with Gasteiger partial charge in [-0.15, -0.1) is 0 Å². The Morgan fingerprint density at radius 3 is 1.64 bits per heavy atom. The molecule has 0 saturated heterocycles. The second-order valence-electron chi connectivity index (χ2n) is 3.82. The molecule has 0 aliphatic rings. The summed E-state index contributed by atoms with van der Waals surface area (Å²) in [4.78, 5) is 32.5. The Hall–Kier alpha value is 0.110. The molecule has 0 aromatic heterocycles. The van der Waals surface area contributed by atoms with E-state index in [9.17, 15) is 29.7 Å². The van der Waals surface area contributed by atoms with E-state index < -0.39 is 17.9 Å². The van der Waals surface area contributed by atoms with Crippen LogP contribution in [0.3, 0.4) is 0 Å². The Labute approximate surface area is 191 Å². The number of fused-ring (bicyclic) bond motifs is 1. The van der Waals surface area contributed by atoms with Crippen LogP contribution in [0.5, 0.6) is 0 Å². The number of carboxylic acid groups (broad SMARTS) is 3. The molecule has 0 atom stereocenters. The molecule has 0 aliphatic heterocycles. The van der Waals surface area contributed by atoms with Crippen LogP contribution in [0.15, 0.2) is 30.3 Å². The van der Waals surface area contributed by atoms with Gasteiger partial charge >= 0.3 is 88.7 Å². The Bertz CT molecular complexity index is 724. The van der Waals surface area contributed by atoms with Crippen molar-refractivity contribution in [1.82, 2.24) is 0 Å². The van der Waals surface area contributed by atoms with E-state index in [2.05, 4.69) is 0 Å².